The first-order valence-electron chi connectivity index (χ1n) is 7.14. The molecule has 0 aliphatic rings. The van der Waals surface area contributed by atoms with Gasteiger partial charge >= 0.3 is 11.9 Å². The highest BCUT2D eigenvalue weighted by atomic mass is 16.5. The Hall–Kier alpha value is -1.92. The van der Waals surface area contributed by atoms with Crippen LogP contribution in [0.4, 0.5) is 0 Å². The Labute approximate surface area is 129 Å². The van der Waals surface area contributed by atoms with E-state index in [1.165, 1.54) is 6.07 Å². The Morgan fingerprint density at radius 3 is 1.73 bits per heavy atom. The lowest BCUT2D eigenvalue weighted by atomic mass is 10.1. The van der Waals surface area contributed by atoms with Gasteiger partial charge in [0.25, 0.3) is 0 Å². The second kappa shape index (κ2) is 9.17. The molecule has 0 amide bonds. The number of aliphatic hydroxyl groups is 2. The van der Waals surface area contributed by atoms with Crippen molar-refractivity contribution in [1.29, 1.82) is 0 Å². The summed E-state index contributed by atoms with van der Waals surface area (Å²) in [7, 11) is 0. The quantitative estimate of drug-likeness (QED) is 0.702. The Bertz CT molecular complexity index is 458. The van der Waals surface area contributed by atoms with Crippen molar-refractivity contribution in [2.45, 2.75) is 13.8 Å². The SMILES string of the molecule is CC(CO)COC(=O)c1cccc(C(=O)OCC(C)CO)c1. The van der Waals surface area contributed by atoms with E-state index in [1.807, 2.05) is 0 Å². The van der Waals surface area contributed by atoms with E-state index in [2.05, 4.69) is 0 Å². The summed E-state index contributed by atoms with van der Waals surface area (Å²) in [5, 5.41) is 17.8. The van der Waals surface area contributed by atoms with Crippen molar-refractivity contribution in [3.63, 3.8) is 0 Å². The summed E-state index contributed by atoms with van der Waals surface area (Å²) in [5.74, 6) is -1.40. The molecule has 22 heavy (non-hydrogen) atoms. The fourth-order valence-corrected chi connectivity index (χ4v) is 1.48. The maximum Gasteiger partial charge on any atom is 0.338 e. The highest BCUT2D eigenvalue weighted by Gasteiger charge is 2.14. The number of benzene rings is 1. The fourth-order valence-electron chi connectivity index (χ4n) is 1.48. The Morgan fingerprint density at radius 1 is 0.955 bits per heavy atom. The molecule has 1 rings (SSSR count). The van der Waals surface area contributed by atoms with Crippen LogP contribution in [-0.4, -0.2) is 48.6 Å². The summed E-state index contributed by atoms with van der Waals surface area (Å²) in [4.78, 5) is 23.7. The highest BCUT2D eigenvalue weighted by molar-refractivity contribution is 5.95. The second-order valence-corrected chi connectivity index (χ2v) is 5.35. The lowest BCUT2D eigenvalue weighted by Gasteiger charge is -2.11. The predicted molar refractivity (Wildman–Crippen MR) is 79.5 cm³/mol. The minimum Gasteiger partial charge on any atom is -0.462 e. The molecule has 0 fully saturated rings. The van der Waals surface area contributed by atoms with Gasteiger partial charge in [-0.1, -0.05) is 19.9 Å². The predicted octanol–water partition coefficient (Wildman–Crippen LogP) is 1.26. The van der Waals surface area contributed by atoms with Crippen molar-refractivity contribution < 1.29 is 29.3 Å². The van der Waals surface area contributed by atoms with Crippen LogP contribution in [0.25, 0.3) is 0 Å². The summed E-state index contributed by atoms with van der Waals surface area (Å²) < 4.78 is 10.1. The monoisotopic (exact) mass is 310 g/mol. The molecule has 6 heteroatoms. The van der Waals surface area contributed by atoms with E-state index in [4.69, 9.17) is 19.7 Å². The molecule has 2 unspecified atom stereocenters. The second-order valence-electron chi connectivity index (χ2n) is 5.35. The summed E-state index contributed by atoms with van der Waals surface area (Å²) >= 11 is 0. The van der Waals surface area contributed by atoms with Crippen LogP contribution in [0, 0.1) is 11.8 Å². The maximum absolute atomic E-state index is 11.9. The van der Waals surface area contributed by atoms with Gasteiger partial charge in [-0.25, -0.2) is 9.59 Å². The number of ether oxygens (including phenoxy) is 2. The van der Waals surface area contributed by atoms with Gasteiger partial charge in [0.15, 0.2) is 0 Å². The van der Waals surface area contributed by atoms with Crippen molar-refractivity contribution in [3.05, 3.63) is 35.4 Å². The maximum atomic E-state index is 11.9. The Morgan fingerprint density at radius 2 is 1.36 bits per heavy atom. The number of carbonyl (C=O) groups is 2. The summed E-state index contributed by atoms with van der Waals surface area (Å²) in [5.41, 5.74) is 0.490. The van der Waals surface area contributed by atoms with Crippen LogP contribution in [-0.2, 0) is 9.47 Å². The fraction of sp³-hybridized carbons (Fsp3) is 0.500. The van der Waals surface area contributed by atoms with Gasteiger partial charge in [0.2, 0.25) is 0 Å². The zero-order valence-electron chi connectivity index (χ0n) is 12.8. The van der Waals surface area contributed by atoms with E-state index in [1.54, 1.807) is 32.0 Å². The smallest absolute Gasteiger partial charge is 0.338 e. The minimum atomic E-state index is -0.557. The summed E-state index contributed by atoms with van der Waals surface area (Å²) in [6, 6.07) is 6.05. The van der Waals surface area contributed by atoms with E-state index >= 15 is 0 Å². The molecular weight excluding hydrogens is 288 g/mol. The van der Waals surface area contributed by atoms with Gasteiger partial charge in [0.1, 0.15) is 0 Å². The molecule has 0 spiro atoms. The first kappa shape index (κ1) is 18.1. The van der Waals surface area contributed by atoms with Crippen molar-refractivity contribution in [3.8, 4) is 0 Å². The molecule has 1 aromatic carbocycles. The molecule has 0 bridgehead atoms. The first-order chi connectivity index (χ1) is 10.5. The lowest BCUT2D eigenvalue weighted by Crippen LogP contribution is -2.16. The van der Waals surface area contributed by atoms with E-state index < -0.39 is 11.9 Å². The van der Waals surface area contributed by atoms with Gasteiger partial charge in [-0.15, -0.1) is 0 Å². The molecule has 2 N–H and O–H groups in total. The van der Waals surface area contributed by atoms with Crippen molar-refractivity contribution in [1.82, 2.24) is 0 Å². The molecule has 122 valence electrons. The Kier molecular flexibility index (Phi) is 7.56. The molecule has 1 aromatic rings. The van der Waals surface area contributed by atoms with Crippen LogP contribution in [0.1, 0.15) is 34.6 Å². The number of hydrogen-bond donors (Lipinski definition) is 2. The van der Waals surface area contributed by atoms with Crippen LogP contribution >= 0.6 is 0 Å². The van der Waals surface area contributed by atoms with Gasteiger partial charge in [-0.2, -0.15) is 0 Å². The van der Waals surface area contributed by atoms with Crippen LogP contribution in [0.3, 0.4) is 0 Å². The molecule has 0 saturated carbocycles. The zero-order chi connectivity index (χ0) is 16.5. The molecule has 0 heterocycles. The summed E-state index contributed by atoms with van der Waals surface area (Å²) in [6.07, 6.45) is 0. The molecule has 0 aromatic heterocycles. The van der Waals surface area contributed by atoms with Crippen LogP contribution in [0.2, 0.25) is 0 Å². The van der Waals surface area contributed by atoms with Gasteiger partial charge in [-0.05, 0) is 18.2 Å². The van der Waals surface area contributed by atoms with Gasteiger partial charge in [0, 0.05) is 25.0 Å². The molecule has 2 atom stereocenters. The largest absolute Gasteiger partial charge is 0.462 e. The third-order valence-electron chi connectivity index (χ3n) is 2.96. The third kappa shape index (κ3) is 5.83. The van der Waals surface area contributed by atoms with Gasteiger partial charge in [-0.3, -0.25) is 0 Å². The topological polar surface area (TPSA) is 93.1 Å². The molecule has 0 aliphatic heterocycles. The van der Waals surface area contributed by atoms with E-state index in [-0.39, 0.29) is 49.4 Å². The standard InChI is InChI=1S/C16H22O6/c1-11(7-17)9-21-15(19)13-4-3-5-14(6-13)16(20)22-10-12(2)8-18/h3-6,11-12,17-18H,7-10H2,1-2H3. The molecule has 0 saturated heterocycles. The van der Waals surface area contributed by atoms with E-state index in [9.17, 15) is 9.59 Å². The van der Waals surface area contributed by atoms with Crippen molar-refractivity contribution in [2.24, 2.45) is 11.8 Å². The van der Waals surface area contributed by atoms with Gasteiger partial charge in [0.05, 0.1) is 24.3 Å². The average Bonchev–Trinajstić information content (AvgIpc) is 2.56. The van der Waals surface area contributed by atoms with Crippen LogP contribution < -0.4 is 0 Å². The average molecular weight is 310 g/mol. The van der Waals surface area contributed by atoms with Crippen molar-refractivity contribution >= 4 is 11.9 Å². The lowest BCUT2D eigenvalue weighted by molar-refractivity contribution is 0.0404. The van der Waals surface area contributed by atoms with Crippen LogP contribution in [0.5, 0.6) is 0 Å². The van der Waals surface area contributed by atoms with E-state index in [0.717, 1.165) is 0 Å². The van der Waals surface area contributed by atoms with Crippen LogP contribution in [0.15, 0.2) is 24.3 Å². The van der Waals surface area contributed by atoms with Gasteiger partial charge < -0.3 is 19.7 Å². The molecule has 6 nitrogen and oxygen atoms in total. The van der Waals surface area contributed by atoms with E-state index in [0.29, 0.717) is 0 Å². The number of carbonyl (C=O) groups excluding carboxylic acids is 2. The first-order valence-corrected chi connectivity index (χ1v) is 7.14. The third-order valence-corrected chi connectivity index (χ3v) is 2.96. The minimum absolute atomic E-state index is 0.0668. The Balaban J connectivity index is 2.64. The normalized spacial score (nSPS) is 13.3. The highest BCUT2D eigenvalue weighted by Crippen LogP contribution is 2.10. The zero-order valence-corrected chi connectivity index (χ0v) is 12.8. The molecule has 0 aliphatic carbocycles. The number of esters is 2. The molecular formula is C16H22O6. The number of rotatable bonds is 8. The summed E-state index contributed by atoms with van der Waals surface area (Å²) in [6.45, 7) is 3.59. The number of hydrogen-bond acceptors (Lipinski definition) is 6. The molecule has 0 radical (unpaired) electrons. The number of aliphatic hydroxyl groups excluding tert-OH is 2. The van der Waals surface area contributed by atoms with Crippen molar-refractivity contribution in [2.75, 3.05) is 26.4 Å².